The van der Waals surface area contributed by atoms with E-state index in [0.29, 0.717) is 5.92 Å². The lowest BCUT2D eigenvalue weighted by Crippen LogP contribution is -2.04. The lowest BCUT2D eigenvalue weighted by atomic mass is 9.93. The van der Waals surface area contributed by atoms with Gasteiger partial charge in [0.05, 0.1) is 0 Å². The Kier molecular flexibility index (Phi) is 4.23. The van der Waals surface area contributed by atoms with E-state index in [1.54, 1.807) is 0 Å². The van der Waals surface area contributed by atoms with E-state index in [4.69, 9.17) is 0 Å². The van der Waals surface area contributed by atoms with Crippen LogP contribution in [0.25, 0.3) is 10.1 Å². The monoisotopic (exact) mass is 344 g/mol. The molecule has 0 saturated heterocycles. The zero-order valence-corrected chi connectivity index (χ0v) is 13.9. The predicted octanol–water partition coefficient (Wildman–Crippen LogP) is 5.93. The summed E-state index contributed by atoms with van der Waals surface area (Å²) in [5, 5.41) is 4.73. The molecule has 0 N–H and O–H groups in total. The van der Waals surface area contributed by atoms with Crippen molar-refractivity contribution in [3.63, 3.8) is 0 Å². The van der Waals surface area contributed by atoms with Gasteiger partial charge in [0.25, 0.3) is 0 Å². The largest absolute Gasteiger partial charge is 0.144 e. The molecule has 1 aromatic heterocycles. The van der Waals surface area contributed by atoms with E-state index in [-0.39, 0.29) is 0 Å². The van der Waals surface area contributed by atoms with Crippen molar-refractivity contribution >= 4 is 37.4 Å². The van der Waals surface area contributed by atoms with Crippen molar-refractivity contribution in [1.82, 2.24) is 0 Å². The molecule has 102 valence electrons. The Bertz CT molecular complexity index is 697. The van der Waals surface area contributed by atoms with Crippen LogP contribution in [0.4, 0.5) is 0 Å². The molecule has 0 aliphatic rings. The molecular formula is C18H17BrS. The van der Waals surface area contributed by atoms with Crippen molar-refractivity contribution in [3.05, 3.63) is 70.6 Å². The minimum Gasteiger partial charge on any atom is -0.144 e. The molecular weight excluding hydrogens is 328 g/mol. The van der Waals surface area contributed by atoms with Gasteiger partial charge in [-0.3, -0.25) is 0 Å². The van der Waals surface area contributed by atoms with Gasteiger partial charge in [0, 0.05) is 10.0 Å². The van der Waals surface area contributed by atoms with Gasteiger partial charge in [0.2, 0.25) is 0 Å². The van der Waals surface area contributed by atoms with E-state index in [9.17, 15) is 0 Å². The summed E-state index contributed by atoms with van der Waals surface area (Å²) in [6, 6.07) is 17.6. The van der Waals surface area contributed by atoms with Gasteiger partial charge in [-0.15, -0.1) is 11.3 Å². The first-order valence-electron chi connectivity index (χ1n) is 6.85. The number of benzene rings is 2. The summed E-state index contributed by atoms with van der Waals surface area (Å²) in [5.41, 5.74) is 4.21. The Balaban J connectivity index is 1.89. The van der Waals surface area contributed by atoms with Crippen LogP contribution in [0.1, 0.15) is 22.6 Å². The van der Waals surface area contributed by atoms with E-state index < -0.39 is 0 Å². The molecule has 0 amide bonds. The molecule has 20 heavy (non-hydrogen) atoms. The number of hydrogen-bond acceptors (Lipinski definition) is 1. The number of fused-ring (bicyclic) bond motifs is 1. The lowest BCUT2D eigenvalue weighted by Gasteiger charge is -2.14. The van der Waals surface area contributed by atoms with Crippen LogP contribution >= 0.6 is 27.3 Å². The maximum absolute atomic E-state index is 3.68. The van der Waals surface area contributed by atoms with Crippen LogP contribution in [-0.2, 0) is 6.42 Å². The van der Waals surface area contributed by atoms with Gasteiger partial charge in [-0.1, -0.05) is 64.0 Å². The molecule has 0 spiro atoms. The van der Waals surface area contributed by atoms with Crippen molar-refractivity contribution in [2.75, 3.05) is 5.33 Å². The molecule has 2 heteroatoms. The maximum Gasteiger partial charge on any atom is 0.0345 e. The highest BCUT2D eigenvalue weighted by Crippen LogP contribution is 2.31. The summed E-state index contributed by atoms with van der Waals surface area (Å²) in [7, 11) is 0. The molecule has 0 fully saturated rings. The summed E-state index contributed by atoms with van der Waals surface area (Å²) < 4.78 is 1.39. The third-order valence-corrected chi connectivity index (χ3v) is 5.56. The topological polar surface area (TPSA) is 0 Å². The van der Waals surface area contributed by atoms with E-state index >= 15 is 0 Å². The Morgan fingerprint density at radius 2 is 1.80 bits per heavy atom. The molecule has 0 radical (unpaired) electrons. The molecule has 0 aliphatic heterocycles. The summed E-state index contributed by atoms with van der Waals surface area (Å²) in [5.74, 6) is 0.536. The Labute approximate surface area is 132 Å². The van der Waals surface area contributed by atoms with Crippen LogP contribution in [0.15, 0.2) is 53.9 Å². The third kappa shape index (κ3) is 2.82. The van der Waals surface area contributed by atoms with Crippen molar-refractivity contribution in [1.29, 1.82) is 0 Å². The lowest BCUT2D eigenvalue weighted by molar-refractivity contribution is 0.781. The molecule has 2 aromatic carbocycles. The summed E-state index contributed by atoms with van der Waals surface area (Å²) >= 11 is 5.53. The maximum atomic E-state index is 3.68. The third-order valence-electron chi connectivity index (χ3n) is 3.76. The second kappa shape index (κ2) is 6.11. The molecule has 3 rings (SSSR count). The van der Waals surface area contributed by atoms with Crippen LogP contribution in [0.3, 0.4) is 0 Å². The Morgan fingerprint density at radius 3 is 2.55 bits per heavy atom. The van der Waals surface area contributed by atoms with Crippen LogP contribution in [0, 0.1) is 6.92 Å². The standard InChI is InChI=1S/C18H17BrS/c1-13-6-8-14(9-7-13)15(11-19)10-16-12-20-18-5-3-2-4-17(16)18/h2-9,12,15H,10-11H2,1H3. The fraction of sp³-hybridized carbons (Fsp3) is 0.222. The zero-order chi connectivity index (χ0) is 13.9. The van der Waals surface area contributed by atoms with Crippen molar-refractivity contribution in [3.8, 4) is 0 Å². The number of hydrogen-bond donors (Lipinski definition) is 0. The van der Waals surface area contributed by atoms with Crippen LogP contribution in [0.5, 0.6) is 0 Å². The highest BCUT2D eigenvalue weighted by Gasteiger charge is 2.13. The molecule has 1 heterocycles. The fourth-order valence-corrected chi connectivity index (χ4v) is 4.13. The summed E-state index contributed by atoms with van der Waals surface area (Å²) in [4.78, 5) is 0. The van der Waals surface area contributed by atoms with Crippen molar-refractivity contribution in [2.45, 2.75) is 19.3 Å². The fourth-order valence-electron chi connectivity index (χ4n) is 2.56. The van der Waals surface area contributed by atoms with Gasteiger partial charge in [0.15, 0.2) is 0 Å². The average molecular weight is 345 g/mol. The zero-order valence-electron chi connectivity index (χ0n) is 11.5. The smallest absolute Gasteiger partial charge is 0.0345 e. The van der Waals surface area contributed by atoms with Gasteiger partial charge in [-0.2, -0.15) is 0 Å². The van der Waals surface area contributed by atoms with Crippen molar-refractivity contribution < 1.29 is 0 Å². The molecule has 0 bridgehead atoms. The van der Waals surface area contributed by atoms with Gasteiger partial charge in [-0.05, 0) is 47.2 Å². The summed E-state index contributed by atoms with van der Waals surface area (Å²) in [6.07, 6.45) is 1.10. The van der Waals surface area contributed by atoms with Gasteiger partial charge >= 0.3 is 0 Å². The second-order valence-corrected chi connectivity index (χ2v) is 6.78. The minimum absolute atomic E-state index is 0.536. The first kappa shape index (κ1) is 13.8. The number of rotatable bonds is 4. The van der Waals surface area contributed by atoms with Gasteiger partial charge in [0.1, 0.15) is 0 Å². The summed E-state index contributed by atoms with van der Waals surface area (Å²) in [6.45, 7) is 2.14. The second-order valence-electron chi connectivity index (χ2n) is 5.22. The molecule has 1 atom stereocenters. The Hall–Kier alpha value is -1.12. The van der Waals surface area contributed by atoms with Crippen LogP contribution < -0.4 is 0 Å². The van der Waals surface area contributed by atoms with Crippen LogP contribution in [-0.4, -0.2) is 5.33 Å². The highest BCUT2D eigenvalue weighted by atomic mass is 79.9. The van der Waals surface area contributed by atoms with Gasteiger partial charge in [-0.25, -0.2) is 0 Å². The molecule has 0 aliphatic carbocycles. The number of aryl methyl sites for hydroxylation is 1. The molecule has 0 nitrogen and oxygen atoms in total. The van der Waals surface area contributed by atoms with Crippen molar-refractivity contribution in [2.24, 2.45) is 0 Å². The SMILES string of the molecule is Cc1ccc(C(CBr)Cc2csc3ccccc23)cc1. The van der Waals surface area contributed by atoms with Gasteiger partial charge < -0.3 is 0 Å². The van der Waals surface area contributed by atoms with Crippen LogP contribution in [0.2, 0.25) is 0 Å². The first-order chi connectivity index (χ1) is 9.78. The molecule has 3 aromatic rings. The molecule has 0 saturated carbocycles. The Morgan fingerprint density at radius 1 is 1.05 bits per heavy atom. The minimum atomic E-state index is 0.536. The number of thiophene rings is 1. The highest BCUT2D eigenvalue weighted by molar-refractivity contribution is 9.09. The number of halogens is 1. The molecule has 1 unspecified atom stereocenters. The predicted molar refractivity (Wildman–Crippen MR) is 93.2 cm³/mol. The first-order valence-corrected chi connectivity index (χ1v) is 8.85. The van der Waals surface area contributed by atoms with E-state index in [1.807, 2.05) is 11.3 Å². The van der Waals surface area contributed by atoms with E-state index in [2.05, 4.69) is 76.8 Å². The quantitative estimate of drug-likeness (QED) is 0.514. The van der Waals surface area contributed by atoms with E-state index in [0.717, 1.165) is 11.8 Å². The van der Waals surface area contributed by atoms with E-state index in [1.165, 1.54) is 26.8 Å². The average Bonchev–Trinajstić information content (AvgIpc) is 2.89. The normalized spacial score (nSPS) is 12.7. The number of alkyl halides is 1.